The normalized spacial score (nSPS) is 11.6. The number of nitrogens with one attached hydrogen (secondary N) is 1. The van der Waals surface area contributed by atoms with Crippen LogP contribution in [0.4, 0.5) is 4.39 Å². The molecule has 0 saturated carbocycles. The molecule has 1 aromatic rings. The average Bonchev–Trinajstić information content (AvgIpc) is 2.28. The van der Waals surface area contributed by atoms with Crippen LogP contribution in [0.2, 0.25) is 0 Å². The highest BCUT2D eigenvalue weighted by Crippen LogP contribution is 2.22. The zero-order valence-corrected chi connectivity index (χ0v) is 11.1. The van der Waals surface area contributed by atoms with Gasteiger partial charge < -0.3 is 10.1 Å². The summed E-state index contributed by atoms with van der Waals surface area (Å²) in [5.74, 6) is 0.379. The highest BCUT2D eigenvalue weighted by molar-refractivity contribution is 5.32. The van der Waals surface area contributed by atoms with Crippen molar-refractivity contribution >= 4 is 0 Å². The van der Waals surface area contributed by atoms with Crippen molar-refractivity contribution in [3.05, 3.63) is 29.6 Å². The maximum Gasteiger partial charge on any atom is 0.126 e. The maximum absolute atomic E-state index is 13.1. The Labute approximate surface area is 103 Å². The molecule has 0 aromatic heterocycles. The van der Waals surface area contributed by atoms with Crippen molar-refractivity contribution in [3.63, 3.8) is 0 Å². The molecule has 2 nitrogen and oxygen atoms in total. The summed E-state index contributed by atoms with van der Waals surface area (Å²) in [5, 5.41) is 3.30. The van der Waals surface area contributed by atoms with E-state index in [1.165, 1.54) is 12.1 Å². The van der Waals surface area contributed by atoms with Gasteiger partial charge in [-0.25, -0.2) is 4.39 Å². The Morgan fingerprint density at radius 2 is 2.06 bits per heavy atom. The van der Waals surface area contributed by atoms with Gasteiger partial charge in [-0.05, 0) is 25.1 Å². The Morgan fingerprint density at radius 3 is 2.71 bits per heavy atom. The second-order valence-electron chi connectivity index (χ2n) is 5.14. The van der Waals surface area contributed by atoms with Gasteiger partial charge in [0.15, 0.2) is 0 Å². The molecule has 0 aliphatic carbocycles. The van der Waals surface area contributed by atoms with Crippen molar-refractivity contribution in [1.29, 1.82) is 0 Å². The van der Waals surface area contributed by atoms with Crippen LogP contribution in [-0.4, -0.2) is 19.7 Å². The topological polar surface area (TPSA) is 21.3 Å². The highest BCUT2D eigenvalue weighted by Gasteiger charge is 2.18. The summed E-state index contributed by atoms with van der Waals surface area (Å²) in [6, 6.07) is 4.63. The van der Waals surface area contributed by atoms with Gasteiger partial charge in [-0.15, -0.1) is 0 Å². The first kappa shape index (κ1) is 14.0. The smallest absolute Gasteiger partial charge is 0.126 e. The third-order valence-electron chi connectivity index (χ3n) is 2.62. The van der Waals surface area contributed by atoms with Gasteiger partial charge in [-0.2, -0.15) is 0 Å². The van der Waals surface area contributed by atoms with Crippen LogP contribution in [0.15, 0.2) is 18.2 Å². The third kappa shape index (κ3) is 4.73. The summed E-state index contributed by atoms with van der Waals surface area (Å²) in [4.78, 5) is 0. The first-order valence-corrected chi connectivity index (χ1v) is 6.04. The maximum atomic E-state index is 13.1. The molecular formula is C14H22FNO. The van der Waals surface area contributed by atoms with Crippen molar-refractivity contribution in [2.45, 2.75) is 27.7 Å². The number of halogens is 1. The van der Waals surface area contributed by atoms with E-state index in [0.717, 1.165) is 18.7 Å². The molecule has 0 saturated heterocycles. The van der Waals surface area contributed by atoms with Gasteiger partial charge in [-0.1, -0.05) is 26.8 Å². The highest BCUT2D eigenvalue weighted by atomic mass is 19.1. The van der Waals surface area contributed by atoms with Crippen molar-refractivity contribution in [1.82, 2.24) is 5.32 Å². The summed E-state index contributed by atoms with van der Waals surface area (Å²) in [6.07, 6.45) is 0. The van der Waals surface area contributed by atoms with Crippen LogP contribution in [0.3, 0.4) is 0 Å². The van der Waals surface area contributed by atoms with Gasteiger partial charge >= 0.3 is 0 Å². The van der Waals surface area contributed by atoms with Crippen LogP contribution in [0.25, 0.3) is 0 Å². The minimum Gasteiger partial charge on any atom is -0.493 e. The standard InChI is InChI=1S/C14H22FNO/c1-5-16-9-14(3,4)10-17-13-8-12(15)7-6-11(13)2/h6-8,16H,5,9-10H2,1-4H3. The molecule has 1 aromatic carbocycles. The van der Waals surface area contributed by atoms with Crippen molar-refractivity contribution in [3.8, 4) is 5.75 Å². The van der Waals surface area contributed by atoms with E-state index in [1.54, 1.807) is 6.07 Å². The minimum absolute atomic E-state index is 0.0365. The molecule has 0 bridgehead atoms. The van der Waals surface area contributed by atoms with E-state index in [2.05, 4.69) is 26.1 Å². The largest absolute Gasteiger partial charge is 0.493 e. The van der Waals surface area contributed by atoms with E-state index in [1.807, 2.05) is 6.92 Å². The molecule has 0 aliphatic heterocycles. The zero-order valence-electron chi connectivity index (χ0n) is 11.1. The van der Waals surface area contributed by atoms with E-state index in [4.69, 9.17) is 4.74 Å². The molecule has 1 rings (SSSR count). The Kier molecular flexibility index (Phi) is 4.94. The lowest BCUT2D eigenvalue weighted by atomic mass is 9.95. The Balaban J connectivity index is 2.57. The van der Waals surface area contributed by atoms with Crippen molar-refractivity contribution < 1.29 is 9.13 Å². The molecule has 0 fully saturated rings. The van der Waals surface area contributed by atoms with Crippen LogP contribution < -0.4 is 10.1 Å². The molecule has 96 valence electrons. The fraction of sp³-hybridized carbons (Fsp3) is 0.571. The monoisotopic (exact) mass is 239 g/mol. The fourth-order valence-electron chi connectivity index (χ4n) is 1.52. The summed E-state index contributed by atoms with van der Waals surface area (Å²) in [7, 11) is 0. The lowest BCUT2D eigenvalue weighted by molar-refractivity contribution is 0.176. The molecule has 17 heavy (non-hydrogen) atoms. The first-order valence-electron chi connectivity index (χ1n) is 6.04. The van der Waals surface area contributed by atoms with Crippen molar-refractivity contribution in [2.75, 3.05) is 19.7 Å². The van der Waals surface area contributed by atoms with Crippen molar-refractivity contribution in [2.24, 2.45) is 5.41 Å². The summed E-state index contributed by atoms with van der Waals surface area (Å²) < 4.78 is 18.8. The first-order chi connectivity index (χ1) is 7.94. The fourth-order valence-corrected chi connectivity index (χ4v) is 1.52. The van der Waals surface area contributed by atoms with Crippen LogP contribution in [0.1, 0.15) is 26.3 Å². The number of aryl methyl sites for hydroxylation is 1. The van der Waals surface area contributed by atoms with E-state index in [9.17, 15) is 4.39 Å². The van der Waals surface area contributed by atoms with Gasteiger partial charge in [0.2, 0.25) is 0 Å². The van der Waals surface area contributed by atoms with Gasteiger partial charge in [0.1, 0.15) is 11.6 Å². The van der Waals surface area contributed by atoms with Crippen LogP contribution in [0.5, 0.6) is 5.75 Å². The second-order valence-corrected chi connectivity index (χ2v) is 5.14. The SMILES string of the molecule is CCNCC(C)(C)COc1cc(F)ccc1C. The van der Waals surface area contributed by atoms with Gasteiger partial charge in [0, 0.05) is 18.0 Å². The number of benzene rings is 1. The lowest BCUT2D eigenvalue weighted by Gasteiger charge is -2.25. The number of ether oxygens (including phenoxy) is 1. The quantitative estimate of drug-likeness (QED) is 0.823. The molecule has 1 N–H and O–H groups in total. The molecule has 0 aliphatic rings. The number of rotatable bonds is 6. The van der Waals surface area contributed by atoms with Crippen LogP contribution in [-0.2, 0) is 0 Å². The number of hydrogen-bond acceptors (Lipinski definition) is 2. The Hall–Kier alpha value is -1.09. The zero-order chi connectivity index (χ0) is 12.9. The predicted molar refractivity (Wildman–Crippen MR) is 69.0 cm³/mol. The molecule has 0 atom stereocenters. The van der Waals surface area contributed by atoms with Gasteiger partial charge in [-0.3, -0.25) is 0 Å². The van der Waals surface area contributed by atoms with E-state index >= 15 is 0 Å². The lowest BCUT2D eigenvalue weighted by Crippen LogP contribution is -2.34. The second kappa shape index (κ2) is 6.01. The summed E-state index contributed by atoms with van der Waals surface area (Å²) in [6.45, 7) is 10.7. The molecule has 0 amide bonds. The predicted octanol–water partition coefficient (Wildman–Crippen LogP) is 3.15. The van der Waals surface area contributed by atoms with Crippen LogP contribution >= 0.6 is 0 Å². The van der Waals surface area contributed by atoms with E-state index in [-0.39, 0.29) is 11.2 Å². The summed E-state index contributed by atoms with van der Waals surface area (Å²) in [5.41, 5.74) is 1.00. The van der Waals surface area contributed by atoms with Crippen LogP contribution in [0, 0.1) is 18.2 Å². The molecule has 0 unspecified atom stereocenters. The molecule has 0 spiro atoms. The third-order valence-corrected chi connectivity index (χ3v) is 2.62. The Bertz CT molecular complexity index is 363. The Morgan fingerprint density at radius 1 is 1.35 bits per heavy atom. The molecule has 0 heterocycles. The minimum atomic E-state index is -0.255. The molecular weight excluding hydrogens is 217 g/mol. The van der Waals surface area contributed by atoms with Gasteiger partial charge in [0.25, 0.3) is 0 Å². The average molecular weight is 239 g/mol. The number of hydrogen-bond donors (Lipinski definition) is 1. The summed E-state index contributed by atoms with van der Waals surface area (Å²) >= 11 is 0. The van der Waals surface area contributed by atoms with Gasteiger partial charge in [0.05, 0.1) is 6.61 Å². The van der Waals surface area contributed by atoms with E-state index < -0.39 is 0 Å². The molecule has 0 radical (unpaired) electrons. The molecule has 3 heteroatoms. The van der Waals surface area contributed by atoms with E-state index in [0.29, 0.717) is 12.4 Å².